The molecule has 6 heteroatoms. The normalized spacial score (nSPS) is 21.1. The summed E-state index contributed by atoms with van der Waals surface area (Å²) in [7, 11) is 1.52. The van der Waals surface area contributed by atoms with Crippen LogP contribution in [-0.4, -0.2) is 36.4 Å². The lowest BCUT2D eigenvalue weighted by molar-refractivity contribution is -0.137. The summed E-state index contributed by atoms with van der Waals surface area (Å²) in [4.78, 5) is 14.4. The zero-order chi connectivity index (χ0) is 19.7. The maximum atomic E-state index is 12.5. The van der Waals surface area contributed by atoms with Crippen molar-refractivity contribution in [2.45, 2.75) is 32.7 Å². The third-order valence-electron chi connectivity index (χ3n) is 5.55. The third kappa shape index (κ3) is 3.72. The number of phenols is 1. The van der Waals surface area contributed by atoms with E-state index < -0.39 is 0 Å². The number of fused-ring (bicyclic) bond motifs is 1. The van der Waals surface area contributed by atoms with E-state index >= 15 is 0 Å². The lowest BCUT2D eigenvalue weighted by atomic mass is 9.76. The average Bonchev–Trinajstić information content (AvgIpc) is 3.14. The fraction of sp³-hybridized carbons (Fsp3) is 0.409. The van der Waals surface area contributed by atoms with Crippen LogP contribution >= 0.6 is 0 Å². The Morgan fingerprint density at radius 3 is 2.75 bits per heavy atom. The van der Waals surface area contributed by atoms with Crippen molar-refractivity contribution in [2.24, 2.45) is 5.41 Å². The molecule has 0 bridgehead atoms. The molecule has 0 saturated carbocycles. The summed E-state index contributed by atoms with van der Waals surface area (Å²) in [6, 6.07) is 11.3. The molecule has 4 rings (SSSR count). The third-order valence-corrected chi connectivity index (χ3v) is 5.55. The van der Waals surface area contributed by atoms with Gasteiger partial charge in [-0.25, -0.2) is 0 Å². The zero-order valence-electron chi connectivity index (χ0n) is 16.2. The second-order valence-corrected chi connectivity index (χ2v) is 7.93. The van der Waals surface area contributed by atoms with E-state index in [4.69, 9.17) is 14.2 Å². The first kappa shape index (κ1) is 18.5. The number of phenolic OH excluding ortho intramolecular Hbond substituents is 1. The van der Waals surface area contributed by atoms with Crippen LogP contribution in [0.5, 0.6) is 23.0 Å². The second kappa shape index (κ2) is 7.26. The summed E-state index contributed by atoms with van der Waals surface area (Å²) in [6.45, 7) is 3.69. The standard InChI is InChI=1S/C22H25NO5/c1-22(11-15-4-6-18-20(9-15)28-14-27-18)8-7-21(25)23(13-22)12-16-3-5-17(24)19(10-16)26-2/h3-6,9-10,24H,7-8,11-14H2,1-2H3/t22-/m0/s1. The summed E-state index contributed by atoms with van der Waals surface area (Å²) in [6.07, 6.45) is 2.26. The molecule has 28 heavy (non-hydrogen) atoms. The van der Waals surface area contributed by atoms with Crippen molar-refractivity contribution < 1.29 is 24.1 Å². The van der Waals surface area contributed by atoms with E-state index in [1.807, 2.05) is 23.1 Å². The molecule has 1 N–H and O–H groups in total. The van der Waals surface area contributed by atoms with Gasteiger partial charge >= 0.3 is 0 Å². The van der Waals surface area contributed by atoms with Crippen LogP contribution in [-0.2, 0) is 17.8 Å². The first-order valence-corrected chi connectivity index (χ1v) is 9.48. The predicted octanol–water partition coefficient (Wildman–Crippen LogP) is 3.50. The van der Waals surface area contributed by atoms with E-state index in [2.05, 4.69) is 13.0 Å². The van der Waals surface area contributed by atoms with E-state index in [0.29, 0.717) is 25.3 Å². The Balaban J connectivity index is 1.48. The number of ether oxygens (including phenoxy) is 3. The molecule has 2 heterocycles. The molecule has 1 saturated heterocycles. The van der Waals surface area contributed by atoms with E-state index in [9.17, 15) is 9.90 Å². The summed E-state index contributed by atoms with van der Waals surface area (Å²) in [5.41, 5.74) is 2.12. The summed E-state index contributed by atoms with van der Waals surface area (Å²) in [5, 5.41) is 9.78. The largest absolute Gasteiger partial charge is 0.504 e. The minimum Gasteiger partial charge on any atom is -0.504 e. The summed E-state index contributed by atoms with van der Waals surface area (Å²) >= 11 is 0. The molecule has 2 aromatic rings. The molecule has 6 nitrogen and oxygen atoms in total. The Morgan fingerprint density at radius 1 is 1.14 bits per heavy atom. The quantitative estimate of drug-likeness (QED) is 0.856. The number of piperidine rings is 1. The predicted molar refractivity (Wildman–Crippen MR) is 104 cm³/mol. The van der Waals surface area contributed by atoms with Gasteiger partial charge in [-0.15, -0.1) is 0 Å². The van der Waals surface area contributed by atoms with Gasteiger partial charge in [0, 0.05) is 19.5 Å². The van der Waals surface area contributed by atoms with Crippen LogP contribution in [0.3, 0.4) is 0 Å². The molecule has 148 valence electrons. The smallest absolute Gasteiger partial charge is 0.231 e. The number of hydrogen-bond donors (Lipinski definition) is 1. The molecule has 0 aliphatic carbocycles. The minimum absolute atomic E-state index is 0.0113. The van der Waals surface area contributed by atoms with Crippen LogP contribution in [0.15, 0.2) is 36.4 Å². The van der Waals surface area contributed by atoms with Crippen molar-refractivity contribution in [1.29, 1.82) is 0 Å². The van der Waals surface area contributed by atoms with Crippen molar-refractivity contribution in [1.82, 2.24) is 4.90 Å². The van der Waals surface area contributed by atoms with Gasteiger partial charge in [-0.2, -0.15) is 0 Å². The fourth-order valence-corrected chi connectivity index (χ4v) is 4.07. The Labute approximate surface area is 164 Å². The molecule has 0 unspecified atom stereocenters. The molecule has 1 atom stereocenters. The highest BCUT2D eigenvalue weighted by Crippen LogP contribution is 2.38. The van der Waals surface area contributed by atoms with Crippen LogP contribution in [0.2, 0.25) is 0 Å². The van der Waals surface area contributed by atoms with Crippen molar-refractivity contribution in [2.75, 3.05) is 20.4 Å². The zero-order valence-corrected chi connectivity index (χ0v) is 16.2. The highest BCUT2D eigenvalue weighted by atomic mass is 16.7. The molecule has 1 amide bonds. The molecule has 0 aromatic heterocycles. The Bertz CT molecular complexity index is 896. The lowest BCUT2D eigenvalue weighted by Crippen LogP contribution is -2.45. The molecule has 0 spiro atoms. The second-order valence-electron chi connectivity index (χ2n) is 7.93. The number of carbonyl (C=O) groups excluding carboxylic acids is 1. The van der Waals surface area contributed by atoms with E-state index in [1.165, 1.54) is 12.7 Å². The Kier molecular flexibility index (Phi) is 4.79. The topological polar surface area (TPSA) is 68.2 Å². The van der Waals surface area contributed by atoms with Gasteiger partial charge in [0.15, 0.2) is 23.0 Å². The van der Waals surface area contributed by atoms with Gasteiger partial charge in [0.2, 0.25) is 12.7 Å². The lowest BCUT2D eigenvalue weighted by Gasteiger charge is -2.40. The highest BCUT2D eigenvalue weighted by molar-refractivity contribution is 5.77. The monoisotopic (exact) mass is 383 g/mol. The molecular weight excluding hydrogens is 358 g/mol. The highest BCUT2D eigenvalue weighted by Gasteiger charge is 2.35. The first-order chi connectivity index (χ1) is 13.5. The van der Waals surface area contributed by atoms with Crippen LogP contribution in [0, 0.1) is 5.41 Å². The Morgan fingerprint density at radius 2 is 1.93 bits per heavy atom. The molecule has 1 fully saturated rings. The van der Waals surface area contributed by atoms with Gasteiger partial charge in [0.25, 0.3) is 0 Å². The van der Waals surface area contributed by atoms with E-state index in [-0.39, 0.29) is 23.9 Å². The van der Waals surface area contributed by atoms with E-state index in [1.54, 1.807) is 12.1 Å². The van der Waals surface area contributed by atoms with Gasteiger partial charge in [-0.05, 0) is 53.6 Å². The fourth-order valence-electron chi connectivity index (χ4n) is 4.07. The maximum absolute atomic E-state index is 12.5. The van der Waals surface area contributed by atoms with Gasteiger partial charge < -0.3 is 24.2 Å². The molecule has 2 aliphatic rings. The van der Waals surface area contributed by atoms with Crippen molar-refractivity contribution in [3.05, 3.63) is 47.5 Å². The number of aromatic hydroxyl groups is 1. The Hall–Kier alpha value is -2.89. The van der Waals surface area contributed by atoms with Crippen molar-refractivity contribution in [3.63, 3.8) is 0 Å². The number of hydrogen-bond acceptors (Lipinski definition) is 5. The number of carbonyl (C=O) groups is 1. The number of likely N-dealkylation sites (tertiary alicyclic amines) is 1. The van der Waals surface area contributed by atoms with Gasteiger partial charge in [-0.3, -0.25) is 4.79 Å². The summed E-state index contributed by atoms with van der Waals surface area (Å²) < 4.78 is 16.1. The molecule has 2 aromatic carbocycles. The maximum Gasteiger partial charge on any atom is 0.231 e. The van der Waals surface area contributed by atoms with E-state index in [0.717, 1.165) is 29.9 Å². The minimum atomic E-state index is -0.0113. The van der Waals surface area contributed by atoms with Crippen LogP contribution in [0.4, 0.5) is 0 Å². The SMILES string of the molecule is COc1cc(CN2C[C@](C)(Cc3ccc4c(c3)OCO4)CCC2=O)ccc1O. The molecule has 0 radical (unpaired) electrons. The van der Waals surface area contributed by atoms with Gasteiger partial charge in [-0.1, -0.05) is 19.1 Å². The molecule has 2 aliphatic heterocycles. The molecular formula is C22H25NO5. The van der Waals surface area contributed by atoms with Crippen molar-refractivity contribution >= 4 is 5.91 Å². The van der Waals surface area contributed by atoms with Crippen molar-refractivity contribution in [3.8, 4) is 23.0 Å². The van der Waals surface area contributed by atoms with Gasteiger partial charge in [0.1, 0.15) is 0 Å². The number of amides is 1. The van der Waals surface area contributed by atoms with Gasteiger partial charge in [0.05, 0.1) is 7.11 Å². The first-order valence-electron chi connectivity index (χ1n) is 9.48. The van der Waals surface area contributed by atoms with Crippen LogP contribution < -0.4 is 14.2 Å². The van der Waals surface area contributed by atoms with Crippen LogP contribution in [0.25, 0.3) is 0 Å². The number of rotatable bonds is 5. The average molecular weight is 383 g/mol. The number of methoxy groups -OCH3 is 1. The number of nitrogens with zero attached hydrogens (tertiary/aromatic N) is 1. The summed E-state index contributed by atoms with van der Waals surface area (Å²) in [5.74, 6) is 2.26. The number of benzene rings is 2. The van der Waals surface area contributed by atoms with Crippen LogP contribution in [0.1, 0.15) is 30.9 Å².